The molecule has 8 nitrogen and oxygen atoms in total. The number of nitro benzene ring substituents is 1. The fraction of sp³-hybridized carbons (Fsp3) is 0.450. The number of nitro groups is 1. The van der Waals surface area contributed by atoms with Crippen LogP contribution in [0.4, 0.5) is 5.69 Å². The molecule has 2 aliphatic rings. The van der Waals surface area contributed by atoms with Crippen LogP contribution in [0, 0.1) is 10.1 Å². The van der Waals surface area contributed by atoms with Gasteiger partial charge in [-0.1, -0.05) is 11.6 Å². The zero-order chi connectivity index (χ0) is 20.5. The highest BCUT2D eigenvalue weighted by atomic mass is 35.5. The molecule has 2 fully saturated rings. The van der Waals surface area contributed by atoms with Crippen LogP contribution < -0.4 is 10.1 Å². The van der Waals surface area contributed by atoms with E-state index in [0.29, 0.717) is 23.6 Å². The fourth-order valence-electron chi connectivity index (χ4n) is 4.23. The van der Waals surface area contributed by atoms with Crippen LogP contribution in [0.2, 0.25) is 5.02 Å². The molecule has 2 bridgehead atoms. The van der Waals surface area contributed by atoms with E-state index in [1.807, 2.05) is 0 Å². The van der Waals surface area contributed by atoms with Crippen molar-refractivity contribution in [1.82, 2.24) is 10.2 Å². The maximum Gasteiger partial charge on any atom is 0.287 e. The molecule has 2 aromatic rings. The average molecular weight is 420 g/mol. The van der Waals surface area contributed by atoms with E-state index in [9.17, 15) is 14.9 Å². The molecular formula is C20H22ClN3O5. The van der Waals surface area contributed by atoms with Crippen molar-refractivity contribution in [3.63, 3.8) is 0 Å². The van der Waals surface area contributed by atoms with E-state index in [4.69, 9.17) is 20.8 Å². The number of hydrogen-bond acceptors (Lipinski definition) is 6. The Kier molecular flexibility index (Phi) is 5.47. The summed E-state index contributed by atoms with van der Waals surface area (Å²) in [5, 5.41) is 14.0. The van der Waals surface area contributed by atoms with Crippen molar-refractivity contribution in [3.8, 4) is 5.75 Å². The Balaban J connectivity index is 1.32. The number of rotatable bonds is 6. The molecule has 2 atom stereocenters. The summed E-state index contributed by atoms with van der Waals surface area (Å²) in [5.41, 5.74) is -0.110. The lowest BCUT2D eigenvalue weighted by molar-refractivity contribution is -0.384. The second-order valence-corrected chi connectivity index (χ2v) is 8.03. The third kappa shape index (κ3) is 4.23. The van der Waals surface area contributed by atoms with Gasteiger partial charge < -0.3 is 19.4 Å². The number of halogens is 1. The van der Waals surface area contributed by atoms with Gasteiger partial charge in [0.2, 0.25) is 0 Å². The number of nitrogens with zero attached hydrogens (tertiary/aromatic N) is 2. The number of carbonyl (C=O) groups excluding carboxylic acids is 1. The Bertz CT molecular complexity index is 917. The Morgan fingerprint density at radius 3 is 2.69 bits per heavy atom. The van der Waals surface area contributed by atoms with Crippen molar-refractivity contribution < 1.29 is 18.9 Å². The zero-order valence-electron chi connectivity index (χ0n) is 16.0. The smallest absolute Gasteiger partial charge is 0.287 e. The lowest BCUT2D eigenvalue weighted by atomic mass is 9.98. The second-order valence-electron chi connectivity index (χ2n) is 7.62. The molecule has 29 heavy (non-hydrogen) atoms. The van der Waals surface area contributed by atoms with Crippen molar-refractivity contribution in [1.29, 1.82) is 0 Å². The minimum atomic E-state index is -0.525. The van der Waals surface area contributed by atoms with E-state index in [1.165, 1.54) is 31.0 Å². The summed E-state index contributed by atoms with van der Waals surface area (Å²) in [6.45, 7) is 0.0587. The molecule has 2 unspecified atom stereocenters. The summed E-state index contributed by atoms with van der Waals surface area (Å²) in [4.78, 5) is 25.2. The molecule has 0 saturated carbocycles. The Hall–Kier alpha value is -2.58. The van der Waals surface area contributed by atoms with Crippen LogP contribution >= 0.6 is 11.6 Å². The number of amides is 1. The molecule has 154 valence electrons. The number of non-ortho nitro benzene ring substituents is 1. The summed E-state index contributed by atoms with van der Waals surface area (Å²) in [5.74, 6) is 0.790. The summed E-state index contributed by atoms with van der Waals surface area (Å²) in [6.07, 6.45) is 4.32. The van der Waals surface area contributed by atoms with Gasteiger partial charge in [-0.05, 0) is 50.9 Å². The standard InChI is InChI=1S/C20H22ClN3O5/c1-23-13-2-3-14(23)9-12(8-13)22-20(25)19-7-5-16(29-19)11-28-18-6-4-15(24(26)27)10-17(18)21/h4-7,10,12-14H,2-3,8-9,11H2,1H3,(H,22,25). The van der Waals surface area contributed by atoms with Crippen molar-refractivity contribution in [3.05, 3.63) is 57.0 Å². The van der Waals surface area contributed by atoms with Crippen LogP contribution in [0.1, 0.15) is 42.0 Å². The topological polar surface area (TPSA) is 97.9 Å². The lowest BCUT2D eigenvalue weighted by Gasteiger charge is -2.36. The predicted octanol–water partition coefficient (Wildman–Crippen LogP) is 3.78. The number of benzene rings is 1. The molecule has 0 spiro atoms. The van der Waals surface area contributed by atoms with Crippen molar-refractivity contribution in [2.24, 2.45) is 0 Å². The van der Waals surface area contributed by atoms with E-state index >= 15 is 0 Å². The molecule has 2 aliphatic heterocycles. The third-order valence-corrected chi connectivity index (χ3v) is 6.11. The minimum Gasteiger partial charge on any atom is -0.484 e. The van der Waals surface area contributed by atoms with Crippen molar-refractivity contribution in [2.75, 3.05) is 7.05 Å². The summed E-state index contributed by atoms with van der Waals surface area (Å²) >= 11 is 6.02. The first-order valence-corrected chi connectivity index (χ1v) is 9.96. The highest BCUT2D eigenvalue weighted by Gasteiger charge is 2.39. The molecule has 3 heterocycles. The maximum atomic E-state index is 12.5. The molecular weight excluding hydrogens is 398 g/mol. The molecule has 1 amide bonds. The summed E-state index contributed by atoms with van der Waals surface area (Å²) < 4.78 is 11.2. The SMILES string of the molecule is CN1C2CCC1CC(NC(=O)c1ccc(COc3ccc([N+](=O)[O-])cc3Cl)o1)C2. The van der Waals surface area contributed by atoms with Crippen LogP contribution in [0.5, 0.6) is 5.75 Å². The van der Waals surface area contributed by atoms with Gasteiger partial charge in [0.1, 0.15) is 18.1 Å². The molecule has 4 rings (SSSR count). The van der Waals surface area contributed by atoms with Crippen LogP contribution in [0.25, 0.3) is 0 Å². The van der Waals surface area contributed by atoms with E-state index in [1.54, 1.807) is 12.1 Å². The van der Waals surface area contributed by atoms with E-state index in [-0.39, 0.29) is 35.0 Å². The average Bonchev–Trinajstić information content (AvgIpc) is 3.22. The first-order valence-electron chi connectivity index (χ1n) is 9.59. The maximum absolute atomic E-state index is 12.5. The quantitative estimate of drug-likeness (QED) is 0.565. The number of piperidine rings is 1. The van der Waals surface area contributed by atoms with Gasteiger partial charge in [-0.25, -0.2) is 0 Å². The van der Waals surface area contributed by atoms with E-state index in [2.05, 4.69) is 17.3 Å². The number of fused-ring (bicyclic) bond motifs is 2. The normalized spacial score (nSPS) is 23.7. The predicted molar refractivity (Wildman–Crippen MR) is 106 cm³/mol. The second kappa shape index (κ2) is 8.04. The Morgan fingerprint density at radius 1 is 1.31 bits per heavy atom. The third-order valence-electron chi connectivity index (χ3n) is 5.82. The molecule has 0 aliphatic carbocycles. The zero-order valence-corrected chi connectivity index (χ0v) is 16.7. The number of hydrogen-bond donors (Lipinski definition) is 1. The summed E-state index contributed by atoms with van der Waals surface area (Å²) in [6, 6.07) is 8.54. The van der Waals surface area contributed by atoms with E-state index in [0.717, 1.165) is 12.8 Å². The van der Waals surface area contributed by atoms with Crippen LogP contribution in [-0.2, 0) is 6.61 Å². The van der Waals surface area contributed by atoms with Gasteiger partial charge in [0, 0.05) is 30.3 Å². The molecule has 9 heteroatoms. The lowest BCUT2D eigenvalue weighted by Crippen LogP contribution is -2.48. The number of ether oxygens (including phenoxy) is 1. The summed E-state index contributed by atoms with van der Waals surface area (Å²) in [7, 11) is 2.16. The van der Waals surface area contributed by atoms with Gasteiger partial charge in [0.05, 0.1) is 9.95 Å². The monoisotopic (exact) mass is 419 g/mol. The van der Waals surface area contributed by atoms with Gasteiger partial charge in [-0.2, -0.15) is 0 Å². The molecule has 1 aromatic carbocycles. The number of nitrogens with one attached hydrogen (secondary N) is 1. The van der Waals surface area contributed by atoms with Crippen molar-refractivity contribution in [2.45, 2.75) is 50.4 Å². The highest BCUT2D eigenvalue weighted by Crippen LogP contribution is 2.34. The van der Waals surface area contributed by atoms with Crippen LogP contribution in [0.15, 0.2) is 34.7 Å². The van der Waals surface area contributed by atoms with E-state index < -0.39 is 4.92 Å². The Labute approximate surface area is 172 Å². The van der Waals surface area contributed by atoms with Crippen LogP contribution in [0.3, 0.4) is 0 Å². The first kappa shape index (κ1) is 19.7. The molecule has 1 N–H and O–H groups in total. The van der Waals surface area contributed by atoms with Gasteiger partial charge in [-0.15, -0.1) is 0 Å². The number of furan rings is 1. The first-order chi connectivity index (χ1) is 13.9. The molecule has 0 radical (unpaired) electrons. The largest absolute Gasteiger partial charge is 0.484 e. The fourth-order valence-corrected chi connectivity index (χ4v) is 4.46. The van der Waals surface area contributed by atoms with Gasteiger partial charge >= 0.3 is 0 Å². The molecule has 2 saturated heterocycles. The van der Waals surface area contributed by atoms with Gasteiger partial charge in [-0.3, -0.25) is 14.9 Å². The number of carbonyl (C=O) groups is 1. The van der Waals surface area contributed by atoms with Gasteiger partial charge in [0.15, 0.2) is 5.76 Å². The minimum absolute atomic E-state index is 0.0587. The molecule has 1 aromatic heterocycles. The van der Waals surface area contributed by atoms with Crippen LogP contribution in [-0.4, -0.2) is 40.9 Å². The highest BCUT2D eigenvalue weighted by molar-refractivity contribution is 6.32. The van der Waals surface area contributed by atoms with Crippen molar-refractivity contribution >= 4 is 23.2 Å². The van der Waals surface area contributed by atoms with Gasteiger partial charge in [0.25, 0.3) is 11.6 Å². The Morgan fingerprint density at radius 2 is 2.03 bits per heavy atom.